The highest BCUT2D eigenvalue weighted by Crippen LogP contribution is 2.35. The van der Waals surface area contributed by atoms with Crippen molar-refractivity contribution in [2.75, 3.05) is 6.61 Å². The van der Waals surface area contributed by atoms with Crippen molar-refractivity contribution in [3.63, 3.8) is 0 Å². The Hall–Kier alpha value is -1.57. The van der Waals surface area contributed by atoms with Crippen LogP contribution >= 0.6 is 0 Å². The Morgan fingerprint density at radius 1 is 1.16 bits per heavy atom. The van der Waals surface area contributed by atoms with Gasteiger partial charge in [-0.1, -0.05) is 31.5 Å². The molecule has 1 aliphatic rings. The first-order chi connectivity index (χ1) is 9.15. The van der Waals surface area contributed by atoms with Crippen LogP contribution in [0.15, 0.2) is 24.0 Å². The van der Waals surface area contributed by atoms with E-state index in [0.717, 1.165) is 47.3 Å². The molecular weight excluding hydrogens is 236 g/mol. The summed E-state index contributed by atoms with van der Waals surface area (Å²) in [5.41, 5.74) is 4.21. The molecule has 0 N–H and O–H groups in total. The summed E-state index contributed by atoms with van der Waals surface area (Å²) in [7, 11) is 0. The fourth-order valence-corrected chi connectivity index (χ4v) is 2.60. The molecule has 2 nitrogen and oxygen atoms in total. The Labute approximate surface area is 115 Å². The van der Waals surface area contributed by atoms with E-state index in [1.807, 2.05) is 6.07 Å². The highest BCUT2D eigenvalue weighted by atomic mass is 16.5. The van der Waals surface area contributed by atoms with Gasteiger partial charge in [-0.15, -0.1) is 0 Å². The SMILES string of the molecule is CCCCOC1=C(c2c(C)cccc2C)C(=O)CC1. The van der Waals surface area contributed by atoms with E-state index >= 15 is 0 Å². The van der Waals surface area contributed by atoms with Crippen LogP contribution in [0.2, 0.25) is 0 Å². The number of benzene rings is 1. The molecule has 0 amide bonds. The van der Waals surface area contributed by atoms with Crippen LogP contribution in [0, 0.1) is 13.8 Å². The topological polar surface area (TPSA) is 26.3 Å². The number of hydrogen-bond acceptors (Lipinski definition) is 2. The van der Waals surface area contributed by atoms with E-state index in [0.29, 0.717) is 13.0 Å². The number of aryl methyl sites for hydroxylation is 2. The molecule has 1 aliphatic carbocycles. The van der Waals surface area contributed by atoms with Crippen molar-refractivity contribution in [1.29, 1.82) is 0 Å². The lowest BCUT2D eigenvalue weighted by molar-refractivity contribution is -0.113. The van der Waals surface area contributed by atoms with Gasteiger partial charge in [-0.3, -0.25) is 4.79 Å². The van der Waals surface area contributed by atoms with E-state index in [4.69, 9.17) is 4.74 Å². The summed E-state index contributed by atoms with van der Waals surface area (Å²) in [6.45, 7) is 6.98. The Kier molecular flexibility index (Phi) is 4.41. The zero-order chi connectivity index (χ0) is 13.8. The third-order valence-electron chi connectivity index (χ3n) is 3.64. The molecule has 19 heavy (non-hydrogen) atoms. The van der Waals surface area contributed by atoms with E-state index in [9.17, 15) is 4.79 Å². The minimum absolute atomic E-state index is 0.226. The van der Waals surface area contributed by atoms with Gasteiger partial charge in [0.05, 0.1) is 12.2 Å². The van der Waals surface area contributed by atoms with Crippen LogP contribution in [-0.2, 0) is 9.53 Å². The minimum atomic E-state index is 0.226. The van der Waals surface area contributed by atoms with Crippen LogP contribution in [0.1, 0.15) is 49.3 Å². The molecule has 0 radical (unpaired) electrons. The van der Waals surface area contributed by atoms with Crippen molar-refractivity contribution < 1.29 is 9.53 Å². The second-order valence-electron chi connectivity index (χ2n) is 5.19. The first-order valence-corrected chi connectivity index (χ1v) is 7.11. The lowest BCUT2D eigenvalue weighted by atomic mass is 9.94. The maximum absolute atomic E-state index is 12.2. The molecule has 0 bridgehead atoms. The summed E-state index contributed by atoms with van der Waals surface area (Å²) in [5, 5.41) is 0. The van der Waals surface area contributed by atoms with Crippen molar-refractivity contribution in [1.82, 2.24) is 0 Å². The second-order valence-corrected chi connectivity index (χ2v) is 5.19. The van der Waals surface area contributed by atoms with Crippen molar-refractivity contribution >= 4 is 11.4 Å². The van der Waals surface area contributed by atoms with Gasteiger partial charge in [0.1, 0.15) is 5.76 Å². The summed E-state index contributed by atoms with van der Waals surface area (Å²) in [4.78, 5) is 12.2. The lowest BCUT2D eigenvalue weighted by Gasteiger charge is -2.13. The van der Waals surface area contributed by atoms with Crippen LogP contribution in [-0.4, -0.2) is 12.4 Å². The lowest BCUT2D eigenvalue weighted by Crippen LogP contribution is -2.02. The van der Waals surface area contributed by atoms with Crippen LogP contribution in [0.3, 0.4) is 0 Å². The summed E-state index contributed by atoms with van der Waals surface area (Å²) in [5.74, 6) is 1.12. The molecule has 0 fully saturated rings. The molecular formula is C17H22O2. The van der Waals surface area contributed by atoms with E-state index in [1.54, 1.807) is 0 Å². The molecule has 1 aromatic rings. The summed E-state index contributed by atoms with van der Waals surface area (Å²) in [6, 6.07) is 6.15. The Morgan fingerprint density at radius 3 is 2.47 bits per heavy atom. The maximum atomic E-state index is 12.2. The molecule has 102 valence electrons. The van der Waals surface area contributed by atoms with Gasteiger partial charge in [0.15, 0.2) is 5.78 Å². The molecule has 0 saturated heterocycles. The van der Waals surface area contributed by atoms with Gasteiger partial charge in [0, 0.05) is 12.8 Å². The molecule has 1 aromatic carbocycles. The zero-order valence-electron chi connectivity index (χ0n) is 12.1. The highest BCUT2D eigenvalue weighted by Gasteiger charge is 2.27. The number of allylic oxidation sites excluding steroid dienone is 2. The van der Waals surface area contributed by atoms with Crippen molar-refractivity contribution in [2.24, 2.45) is 0 Å². The zero-order valence-corrected chi connectivity index (χ0v) is 12.1. The van der Waals surface area contributed by atoms with Crippen LogP contribution < -0.4 is 0 Å². The van der Waals surface area contributed by atoms with Crippen LogP contribution in [0.4, 0.5) is 0 Å². The second kappa shape index (κ2) is 6.05. The van der Waals surface area contributed by atoms with E-state index in [-0.39, 0.29) is 5.78 Å². The number of unbranched alkanes of at least 4 members (excludes halogenated alkanes) is 1. The van der Waals surface area contributed by atoms with Gasteiger partial charge in [-0.2, -0.15) is 0 Å². The van der Waals surface area contributed by atoms with Crippen molar-refractivity contribution in [3.8, 4) is 0 Å². The minimum Gasteiger partial charge on any atom is -0.497 e. The smallest absolute Gasteiger partial charge is 0.167 e. The van der Waals surface area contributed by atoms with Crippen LogP contribution in [0.5, 0.6) is 0 Å². The number of Topliss-reactive ketones (excluding diaryl/α,β-unsaturated/α-hetero) is 1. The highest BCUT2D eigenvalue weighted by molar-refractivity contribution is 6.24. The van der Waals surface area contributed by atoms with Crippen molar-refractivity contribution in [3.05, 3.63) is 40.6 Å². The van der Waals surface area contributed by atoms with Gasteiger partial charge in [-0.05, 0) is 37.0 Å². The average molecular weight is 258 g/mol. The normalized spacial score (nSPS) is 15.2. The van der Waals surface area contributed by atoms with Crippen molar-refractivity contribution in [2.45, 2.75) is 46.5 Å². The maximum Gasteiger partial charge on any atom is 0.167 e. The Morgan fingerprint density at radius 2 is 1.84 bits per heavy atom. The quantitative estimate of drug-likeness (QED) is 0.740. The van der Waals surface area contributed by atoms with E-state index in [2.05, 4.69) is 32.9 Å². The predicted molar refractivity (Wildman–Crippen MR) is 77.9 cm³/mol. The average Bonchev–Trinajstić information content (AvgIpc) is 2.72. The summed E-state index contributed by atoms with van der Waals surface area (Å²) < 4.78 is 5.85. The van der Waals surface area contributed by atoms with Gasteiger partial charge in [0.25, 0.3) is 0 Å². The number of hydrogen-bond donors (Lipinski definition) is 0. The number of carbonyl (C=O) groups is 1. The number of rotatable bonds is 5. The summed E-state index contributed by atoms with van der Waals surface area (Å²) >= 11 is 0. The largest absolute Gasteiger partial charge is 0.497 e. The third-order valence-corrected chi connectivity index (χ3v) is 3.64. The molecule has 0 unspecified atom stereocenters. The molecule has 0 aliphatic heterocycles. The molecule has 0 aromatic heterocycles. The standard InChI is InChI=1S/C17H22O2/c1-4-5-11-19-15-10-9-14(18)17(15)16-12(2)7-6-8-13(16)3/h6-8H,4-5,9-11H2,1-3H3. The Bertz CT molecular complexity index is 492. The molecule has 0 saturated carbocycles. The van der Waals surface area contributed by atoms with Gasteiger partial charge < -0.3 is 4.74 Å². The number of ether oxygens (including phenoxy) is 1. The predicted octanol–water partition coefficient (Wildman–Crippen LogP) is 4.19. The van der Waals surface area contributed by atoms with Gasteiger partial charge >= 0.3 is 0 Å². The fourth-order valence-electron chi connectivity index (χ4n) is 2.60. The van der Waals surface area contributed by atoms with E-state index < -0.39 is 0 Å². The summed E-state index contributed by atoms with van der Waals surface area (Å²) in [6.07, 6.45) is 3.49. The molecule has 0 heterocycles. The number of ketones is 1. The van der Waals surface area contributed by atoms with E-state index in [1.165, 1.54) is 0 Å². The molecule has 0 atom stereocenters. The monoisotopic (exact) mass is 258 g/mol. The third kappa shape index (κ3) is 2.89. The first kappa shape index (κ1) is 13.9. The van der Waals surface area contributed by atoms with Crippen LogP contribution in [0.25, 0.3) is 5.57 Å². The van der Waals surface area contributed by atoms with Gasteiger partial charge in [0.2, 0.25) is 0 Å². The first-order valence-electron chi connectivity index (χ1n) is 7.11. The molecule has 2 heteroatoms. The fraction of sp³-hybridized carbons (Fsp3) is 0.471. The van der Waals surface area contributed by atoms with Gasteiger partial charge in [-0.25, -0.2) is 0 Å². The number of carbonyl (C=O) groups excluding carboxylic acids is 1. The molecule has 2 rings (SSSR count). The molecule has 0 spiro atoms. The Balaban J connectivity index is 2.37.